The molecule has 0 aromatic heterocycles. The van der Waals surface area contributed by atoms with E-state index in [4.69, 9.17) is 23.2 Å². The first-order chi connectivity index (χ1) is 29.6. The van der Waals surface area contributed by atoms with E-state index in [9.17, 15) is 0 Å². The Morgan fingerprint density at radius 3 is 1.18 bits per heavy atom. The second-order valence-corrected chi connectivity index (χ2v) is 22.3. The van der Waals surface area contributed by atoms with Crippen molar-refractivity contribution in [3.05, 3.63) is 197 Å². The molecule has 14 rings (SSSR count). The minimum Gasteiger partial charge on any atom is -0.359 e. The number of anilines is 2. The zero-order valence-electron chi connectivity index (χ0n) is 36.8. The number of alkyl halides is 4. The average molecular weight is 988 g/mol. The maximum atomic E-state index is 7.75. The zero-order chi connectivity index (χ0) is 43.4. The van der Waals surface area contributed by atoms with Gasteiger partial charge in [0.2, 0.25) is 0 Å². The van der Waals surface area contributed by atoms with Crippen LogP contribution in [-0.4, -0.2) is 50.3 Å². The van der Waals surface area contributed by atoms with Crippen molar-refractivity contribution in [2.75, 3.05) is 50.3 Å². The Kier molecular flexibility index (Phi) is 9.24. The smallest absolute Gasteiger partial charge is 0.121 e. The van der Waals surface area contributed by atoms with Crippen molar-refractivity contribution in [3.8, 4) is 0 Å². The fraction of sp³-hybridized carbons (Fsp3) is 0.333. The zero-order valence-corrected chi connectivity index (χ0v) is 41.5. The van der Waals surface area contributed by atoms with Crippen molar-refractivity contribution >= 4 is 66.4 Å². The summed E-state index contributed by atoms with van der Waals surface area (Å²) < 4.78 is -0.662. The van der Waals surface area contributed by atoms with Gasteiger partial charge in [0.05, 0.1) is 13.3 Å². The largest absolute Gasteiger partial charge is 0.359 e. The number of aryl methyl sites for hydroxylation is 4. The molecule has 6 aliphatic carbocycles. The maximum Gasteiger partial charge on any atom is 0.121 e. The highest BCUT2D eigenvalue weighted by atomic mass is 79.9. The van der Waals surface area contributed by atoms with E-state index in [0.717, 1.165) is 72.9 Å². The van der Waals surface area contributed by atoms with Crippen LogP contribution in [0.1, 0.15) is 114 Å². The van der Waals surface area contributed by atoms with Gasteiger partial charge in [-0.05, 0) is 180 Å². The molecule has 0 N–H and O–H groups in total. The first-order valence-electron chi connectivity index (χ1n) is 22.0. The van der Waals surface area contributed by atoms with Crippen LogP contribution in [0.4, 0.5) is 11.4 Å². The molecular weight excluding hydrogens is 935 g/mol. The van der Waals surface area contributed by atoms with Crippen molar-refractivity contribution in [2.45, 2.75) is 73.0 Å². The van der Waals surface area contributed by atoms with Crippen LogP contribution in [0.3, 0.4) is 0 Å². The minimum atomic E-state index is -0.728. The van der Waals surface area contributed by atoms with E-state index in [1.807, 2.05) is 0 Å². The first kappa shape index (κ1) is 41.1. The van der Waals surface area contributed by atoms with Gasteiger partial charge in [0.25, 0.3) is 0 Å². The lowest BCUT2D eigenvalue weighted by atomic mass is 9.59. The predicted molar refractivity (Wildman–Crippen MR) is 265 cm³/mol. The van der Waals surface area contributed by atoms with Gasteiger partial charge in [-0.3, -0.25) is 9.80 Å². The summed E-state index contributed by atoms with van der Waals surface area (Å²) in [7, 11) is 4.39. The molecule has 2 heterocycles. The summed E-state index contributed by atoms with van der Waals surface area (Å²) in [5, 5.41) is 0. The van der Waals surface area contributed by atoms with E-state index in [1.165, 1.54) is 78.1 Å². The van der Waals surface area contributed by atoms with Crippen molar-refractivity contribution in [3.63, 3.8) is 0 Å². The van der Waals surface area contributed by atoms with Crippen LogP contribution in [0.2, 0.25) is 0 Å². The second kappa shape index (κ2) is 13.9. The van der Waals surface area contributed by atoms with Crippen molar-refractivity contribution in [1.82, 2.24) is 9.80 Å². The molecule has 0 fully saturated rings. The standard InChI is InChI=1S/C27H26Br2N2.C27H26Cl2N2/c2*1-5-31-15-30(4)14-18-12-23-24(13-25(18)31)27(29)20-9-7-6-8-19(20)26(23,28)21-10-16(2)17(3)11-22(21)27/h2*6-13H,5,14-15H2,1-4H3. The number of halogens is 4. The Morgan fingerprint density at radius 2 is 0.758 bits per heavy atom. The molecule has 0 saturated heterocycles. The van der Waals surface area contributed by atoms with Crippen molar-refractivity contribution < 1.29 is 0 Å². The molecule has 4 unspecified atom stereocenters. The lowest BCUT2D eigenvalue weighted by Gasteiger charge is -2.53. The van der Waals surface area contributed by atoms with Gasteiger partial charge < -0.3 is 9.80 Å². The monoisotopic (exact) mass is 984 g/mol. The van der Waals surface area contributed by atoms with E-state index in [-0.39, 0.29) is 8.65 Å². The van der Waals surface area contributed by atoms with Gasteiger partial charge in [0.15, 0.2) is 0 Å². The molecule has 4 atom stereocenters. The highest BCUT2D eigenvalue weighted by Crippen LogP contribution is 2.68. The molecule has 6 aromatic rings. The average Bonchev–Trinajstić information content (AvgIpc) is 3.26. The van der Waals surface area contributed by atoms with E-state index in [0.29, 0.717) is 0 Å². The van der Waals surface area contributed by atoms with Gasteiger partial charge in [0.1, 0.15) is 18.4 Å². The molecule has 8 heteroatoms. The summed E-state index contributed by atoms with van der Waals surface area (Å²) in [5.41, 5.74) is 25.6. The highest BCUT2D eigenvalue weighted by Gasteiger charge is 2.59. The molecule has 4 nitrogen and oxygen atoms in total. The van der Waals surface area contributed by atoms with Gasteiger partial charge in [-0.2, -0.15) is 0 Å². The summed E-state index contributed by atoms with van der Waals surface area (Å²) in [6, 6.07) is 36.4. The SMILES string of the molecule is CCN1CN(C)Cc2cc3c(cc21)C1(Br)c2ccccc2C3(Br)c2cc(C)c(C)cc21.CCN1CN(C)Cc2cc3c(cc21)C1(Cl)c2ccccc2C3(Cl)c2cc(C)c(C)cc21. The summed E-state index contributed by atoms with van der Waals surface area (Å²) in [4.78, 5) is 8.22. The highest BCUT2D eigenvalue weighted by molar-refractivity contribution is 9.10. The normalized spacial score (nSPS) is 25.7. The second-order valence-electron chi connectivity index (χ2n) is 18.8. The van der Waals surface area contributed by atoms with E-state index >= 15 is 0 Å². The van der Waals surface area contributed by atoms with Crippen molar-refractivity contribution in [1.29, 1.82) is 0 Å². The molecule has 62 heavy (non-hydrogen) atoms. The fourth-order valence-corrected chi connectivity index (χ4v) is 14.8. The van der Waals surface area contributed by atoms with Crippen molar-refractivity contribution in [2.24, 2.45) is 0 Å². The molecule has 2 aliphatic heterocycles. The Balaban J connectivity index is 0.000000139. The summed E-state index contributed by atoms with van der Waals surface area (Å²) in [6.45, 7) is 19.0. The van der Waals surface area contributed by atoms with E-state index in [1.54, 1.807) is 0 Å². The molecule has 0 amide bonds. The van der Waals surface area contributed by atoms with E-state index in [2.05, 4.69) is 204 Å². The first-order valence-corrected chi connectivity index (χ1v) is 24.4. The fourth-order valence-electron chi connectivity index (χ4n) is 11.9. The Morgan fingerprint density at radius 1 is 0.452 bits per heavy atom. The molecule has 6 aromatic carbocycles. The number of fused-ring (bicyclic) bond motifs is 2. The molecule has 316 valence electrons. The number of benzene rings is 6. The molecule has 0 saturated carbocycles. The van der Waals surface area contributed by atoms with Crippen LogP contribution in [0.15, 0.2) is 97.1 Å². The maximum absolute atomic E-state index is 7.75. The van der Waals surface area contributed by atoms with Gasteiger partial charge in [-0.1, -0.05) is 105 Å². The van der Waals surface area contributed by atoms with Gasteiger partial charge in [-0.15, -0.1) is 23.2 Å². The third-order valence-electron chi connectivity index (χ3n) is 15.2. The molecule has 8 aliphatic rings. The van der Waals surface area contributed by atoms with Gasteiger partial charge in [-0.25, -0.2) is 0 Å². The Hall–Kier alpha value is -3.62. The minimum absolute atomic E-state index is 0.329. The molecule has 4 bridgehead atoms. The summed E-state index contributed by atoms with van der Waals surface area (Å²) >= 11 is 24.2. The summed E-state index contributed by atoms with van der Waals surface area (Å²) in [5.74, 6) is 0. The number of rotatable bonds is 2. The van der Waals surface area contributed by atoms with Crippen LogP contribution in [0.25, 0.3) is 0 Å². The van der Waals surface area contributed by atoms with Gasteiger partial charge in [0, 0.05) is 37.6 Å². The predicted octanol–water partition coefficient (Wildman–Crippen LogP) is 12.8. The molecule has 0 radical (unpaired) electrons. The van der Waals surface area contributed by atoms with Crippen LogP contribution in [0, 0.1) is 27.7 Å². The third kappa shape index (κ3) is 5.20. The van der Waals surface area contributed by atoms with Crippen LogP contribution >= 0.6 is 55.1 Å². The quantitative estimate of drug-likeness (QED) is 0.160. The van der Waals surface area contributed by atoms with Crippen LogP contribution in [0.5, 0.6) is 0 Å². The molecular formula is C54H52Br2Cl2N4. The van der Waals surface area contributed by atoms with E-state index < -0.39 is 9.75 Å². The van der Waals surface area contributed by atoms with Gasteiger partial charge >= 0.3 is 0 Å². The molecule has 0 spiro atoms. The lowest BCUT2D eigenvalue weighted by Crippen LogP contribution is -2.47. The third-order valence-corrected chi connectivity index (χ3v) is 18.9. The number of hydrogen-bond donors (Lipinski definition) is 0. The Bertz CT molecular complexity index is 2730. The lowest BCUT2D eigenvalue weighted by molar-refractivity contribution is 0.310. The number of hydrogen-bond acceptors (Lipinski definition) is 4. The van der Waals surface area contributed by atoms with Crippen LogP contribution in [-0.2, 0) is 31.5 Å². The summed E-state index contributed by atoms with van der Waals surface area (Å²) in [6.07, 6.45) is 0. The topological polar surface area (TPSA) is 13.0 Å². The number of nitrogens with zero attached hydrogens (tertiary/aromatic N) is 4. The van der Waals surface area contributed by atoms with Crippen LogP contribution < -0.4 is 9.80 Å². The Labute approximate surface area is 394 Å².